The number of rotatable bonds is 5. The average Bonchev–Trinajstić information content (AvgIpc) is 2.94. The van der Waals surface area contributed by atoms with Crippen LogP contribution in [0, 0.1) is 6.92 Å². The molecule has 2 aromatic rings. The van der Waals surface area contributed by atoms with Crippen LogP contribution >= 0.6 is 0 Å². The van der Waals surface area contributed by atoms with E-state index in [0.29, 0.717) is 15.9 Å². The van der Waals surface area contributed by atoms with E-state index >= 15 is 0 Å². The van der Waals surface area contributed by atoms with Crippen molar-refractivity contribution >= 4 is 22.8 Å². The third-order valence-electron chi connectivity index (χ3n) is 3.96. The van der Waals surface area contributed by atoms with E-state index in [4.69, 9.17) is 0 Å². The first-order chi connectivity index (χ1) is 12.4. The first kappa shape index (κ1) is 20.7. The van der Waals surface area contributed by atoms with Gasteiger partial charge in [0.25, 0.3) is 5.91 Å². The molecule has 7 nitrogen and oxygen atoms in total. The second-order valence-corrected chi connectivity index (χ2v) is 6.78. The first-order valence-electron chi connectivity index (χ1n) is 8.31. The number of hydrogen-bond acceptors (Lipinski definition) is 4. The van der Waals surface area contributed by atoms with Crippen molar-refractivity contribution in [3.63, 3.8) is 0 Å². The molecular formula is C17H22F3N5O2. The summed E-state index contributed by atoms with van der Waals surface area (Å²) in [5, 5.41) is 4.75. The van der Waals surface area contributed by atoms with Crippen molar-refractivity contribution in [3.8, 4) is 0 Å². The van der Waals surface area contributed by atoms with Crippen LogP contribution in [-0.4, -0.2) is 69.7 Å². The number of halogens is 3. The predicted molar refractivity (Wildman–Crippen MR) is 93.3 cm³/mol. The molecular weight excluding hydrogens is 363 g/mol. The molecule has 0 aromatic carbocycles. The summed E-state index contributed by atoms with van der Waals surface area (Å²) >= 11 is 0. The Morgan fingerprint density at radius 1 is 1.26 bits per heavy atom. The molecule has 0 atom stereocenters. The second kappa shape index (κ2) is 7.53. The molecule has 0 aliphatic rings. The molecule has 2 amide bonds. The van der Waals surface area contributed by atoms with Crippen LogP contribution in [0.2, 0.25) is 0 Å². The summed E-state index contributed by atoms with van der Waals surface area (Å²) in [6.45, 7) is 3.19. The molecule has 0 saturated carbocycles. The van der Waals surface area contributed by atoms with Gasteiger partial charge in [-0.3, -0.25) is 9.59 Å². The van der Waals surface area contributed by atoms with E-state index in [1.54, 1.807) is 11.6 Å². The maximum Gasteiger partial charge on any atom is 0.406 e. The van der Waals surface area contributed by atoms with Gasteiger partial charge in [-0.2, -0.15) is 18.3 Å². The highest BCUT2D eigenvalue weighted by atomic mass is 19.4. The zero-order valence-electron chi connectivity index (χ0n) is 15.8. The lowest BCUT2D eigenvalue weighted by molar-refractivity contribution is -0.146. The number of alkyl halides is 3. The number of fused-ring (bicyclic) bond motifs is 1. The highest BCUT2D eigenvalue weighted by Gasteiger charge is 2.35. The van der Waals surface area contributed by atoms with Gasteiger partial charge in [0.1, 0.15) is 13.1 Å². The summed E-state index contributed by atoms with van der Waals surface area (Å²) < 4.78 is 40.5. The predicted octanol–water partition coefficient (Wildman–Crippen LogP) is 2.41. The molecule has 0 saturated heterocycles. The Labute approximate surface area is 154 Å². The van der Waals surface area contributed by atoms with Crippen LogP contribution in [-0.2, 0) is 4.79 Å². The highest BCUT2D eigenvalue weighted by molar-refractivity contribution is 5.99. The number of pyridine rings is 1. The largest absolute Gasteiger partial charge is 0.406 e. The van der Waals surface area contributed by atoms with E-state index in [1.807, 2.05) is 13.8 Å². The molecule has 0 aliphatic carbocycles. The quantitative estimate of drug-likeness (QED) is 0.793. The van der Waals surface area contributed by atoms with Crippen molar-refractivity contribution in [2.75, 3.05) is 27.2 Å². The summed E-state index contributed by atoms with van der Waals surface area (Å²) in [5.74, 6) is -1.50. The van der Waals surface area contributed by atoms with E-state index < -0.39 is 31.1 Å². The number of hydrogen-bond donors (Lipinski definition) is 0. The molecule has 27 heavy (non-hydrogen) atoms. The lowest BCUT2D eigenvalue weighted by Gasteiger charge is -2.25. The van der Waals surface area contributed by atoms with Crippen LogP contribution in [0.15, 0.2) is 12.3 Å². The Morgan fingerprint density at radius 3 is 2.41 bits per heavy atom. The molecule has 0 fully saturated rings. The van der Waals surface area contributed by atoms with Crippen molar-refractivity contribution in [1.29, 1.82) is 0 Å². The minimum Gasteiger partial charge on any atom is -0.347 e. The molecule has 2 heterocycles. The van der Waals surface area contributed by atoms with Gasteiger partial charge in [-0.15, -0.1) is 0 Å². The SMILES string of the molecule is Cc1nc2c(cnn2C(C)C)cc1C(=O)N(CC(=O)N(C)C)CC(F)(F)F. The topological polar surface area (TPSA) is 71.3 Å². The minimum atomic E-state index is -4.63. The van der Waals surface area contributed by atoms with Gasteiger partial charge < -0.3 is 9.80 Å². The number of likely N-dealkylation sites (N-methyl/N-ethyl adjacent to an activating group) is 1. The Morgan fingerprint density at radius 2 is 1.89 bits per heavy atom. The maximum absolute atomic E-state index is 12.9. The van der Waals surface area contributed by atoms with Crippen LogP contribution in [0.25, 0.3) is 11.0 Å². The zero-order chi connectivity index (χ0) is 20.5. The fourth-order valence-corrected chi connectivity index (χ4v) is 2.55. The summed E-state index contributed by atoms with van der Waals surface area (Å²) in [4.78, 5) is 30.6. The summed E-state index contributed by atoms with van der Waals surface area (Å²) in [6, 6.07) is 1.51. The molecule has 0 spiro atoms. The number of carbonyl (C=O) groups is 2. The van der Waals surface area contributed by atoms with Crippen LogP contribution in [0.5, 0.6) is 0 Å². The van der Waals surface area contributed by atoms with Crippen LogP contribution in [0.1, 0.15) is 35.9 Å². The zero-order valence-corrected chi connectivity index (χ0v) is 15.8. The van der Waals surface area contributed by atoms with Crippen LogP contribution in [0.3, 0.4) is 0 Å². The summed E-state index contributed by atoms with van der Waals surface area (Å²) in [5.41, 5.74) is 0.840. The van der Waals surface area contributed by atoms with Gasteiger partial charge >= 0.3 is 6.18 Å². The van der Waals surface area contributed by atoms with Gasteiger partial charge in [0, 0.05) is 25.5 Å². The molecule has 10 heteroatoms. The number of carbonyl (C=O) groups excluding carboxylic acids is 2. The Balaban J connectivity index is 2.44. The van der Waals surface area contributed by atoms with Crippen molar-refractivity contribution in [1.82, 2.24) is 24.6 Å². The minimum absolute atomic E-state index is 0.0154. The van der Waals surface area contributed by atoms with Crippen LogP contribution in [0.4, 0.5) is 13.2 Å². The number of amides is 2. The van der Waals surface area contributed by atoms with Gasteiger partial charge in [0.05, 0.1) is 17.5 Å². The van der Waals surface area contributed by atoms with Gasteiger partial charge in [-0.25, -0.2) is 9.67 Å². The monoisotopic (exact) mass is 385 g/mol. The third kappa shape index (κ3) is 4.75. The Kier molecular flexibility index (Phi) is 5.76. The van der Waals surface area contributed by atoms with Crippen LogP contribution < -0.4 is 0 Å². The van der Waals surface area contributed by atoms with Crippen molar-refractivity contribution in [3.05, 3.63) is 23.5 Å². The molecule has 148 valence electrons. The van der Waals surface area contributed by atoms with E-state index in [0.717, 1.165) is 4.90 Å². The molecule has 0 bridgehead atoms. The molecule has 0 N–H and O–H groups in total. The maximum atomic E-state index is 12.9. The van der Waals surface area contributed by atoms with Crippen molar-refractivity contribution in [2.45, 2.75) is 33.0 Å². The number of nitrogens with zero attached hydrogens (tertiary/aromatic N) is 5. The number of aromatic nitrogens is 3. The summed E-state index contributed by atoms with van der Waals surface area (Å²) in [7, 11) is 2.83. The fourth-order valence-electron chi connectivity index (χ4n) is 2.55. The van der Waals surface area contributed by atoms with Gasteiger partial charge in [0.15, 0.2) is 5.65 Å². The Hall–Kier alpha value is -2.65. The molecule has 0 aliphatic heterocycles. The van der Waals surface area contributed by atoms with Gasteiger partial charge in [0.2, 0.25) is 5.91 Å². The number of aryl methyl sites for hydroxylation is 1. The van der Waals surface area contributed by atoms with Crippen molar-refractivity contribution < 1.29 is 22.8 Å². The molecule has 2 aromatic heterocycles. The lowest BCUT2D eigenvalue weighted by Crippen LogP contribution is -2.45. The van der Waals surface area contributed by atoms with Gasteiger partial charge in [-0.1, -0.05) is 0 Å². The lowest BCUT2D eigenvalue weighted by atomic mass is 10.1. The van der Waals surface area contributed by atoms with E-state index in [1.165, 1.54) is 26.4 Å². The first-order valence-corrected chi connectivity index (χ1v) is 8.31. The van der Waals surface area contributed by atoms with E-state index in [2.05, 4.69) is 10.1 Å². The standard InChI is InChI=1S/C17H22F3N5O2/c1-10(2)25-15-12(7-21-25)6-13(11(3)22-15)16(27)24(9-17(18,19)20)8-14(26)23(4)5/h6-7,10H,8-9H2,1-5H3. The van der Waals surface area contributed by atoms with E-state index in [-0.39, 0.29) is 17.3 Å². The fraction of sp³-hybridized carbons (Fsp3) is 0.529. The van der Waals surface area contributed by atoms with Gasteiger partial charge in [-0.05, 0) is 26.8 Å². The normalized spacial score (nSPS) is 11.9. The van der Waals surface area contributed by atoms with E-state index in [9.17, 15) is 22.8 Å². The second-order valence-electron chi connectivity index (χ2n) is 6.78. The molecule has 0 radical (unpaired) electrons. The summed E-state index contributed by atoms with van der Waals surface area (Å²) in [6.07, 6.45) is -3.12. The third-order valence-corrected chi connectivity index (χ3v) is 3.96. The highest BCUT2D eigenvalue weighted by Crippen LogP contribution is 2.22. The Bertz CT molecular complexity index is 858. The molecule has 0 unspecified atom stereocenters. The average molecular weight is 385 g/mol. The molecule has 2 rings (SSSR count). The smallest absolute Gasteiger partial charge is 0.347 e. The van der Waals surface area contributed by atoms with Crippen molar-refractivity contribution in [2.24, 2.45) is 0 Å².